The monoisotopic (exact) mass is 732 g/mol. The minimum atomic E-state index is 0.635. The summed E-state index contributed by atoms with van der Waals surface area (Å²) in [5, 5.41) is 4.90. The quantitative estimate of drug-likeness (QED) is 0.171. The first-order valence-electron chi connectivity index (χ1n) is 18.8. The lowest BCUT2D eigenvalue weighted by molar-refractivity contribution is 1.07. The van der Waals surface area contributed by atoms with Crippen molar-refractivity contribution in [2.45, 2.75) is 0 Å². The molecule has 0 aliphatic heterocycles. The van der Waals surface area contributed by atoms with Crippen LogP contribution in [-0.4, -0.2) is 19.5 Å². The van der Waals surface area contributed by atoms with Crippen molar-refractivity contribution in [1.82, 2.24) is 19.5 Å². The summed E-state index contributed by atoms with van der Waals surface area (Å²) >= 11 is 1.81. The summed E-state index contributed by atoms with van der Waals surface area (Å²) in [6, 6.07) is 68.7. The molecule has 0 bridgehead atoms. The maximum Gasteiger partial charge on any atom is 0.164 e. The number of nitrogens with zero attached hydrogens (tertiary/aromatic N) is 4. The predicted octanol–water partition coefficient (Wildman–Crippen LogP) is 13.7. The van der Waals surface area contributed by atoms with Crippen molar-refractivity contribution in [2.24, 2.45) is 0 Å². The van der Waals surface area contributed by atoms with Crippen LogP contribution in [0.2, 0.25) is 0 Å². The molecule has 0 aliphatic rings. The highest BCUT2D eigenvalue weighted by molar-refractivity contribution is 7.25. The molecular formula is C51H32N4S. The number of hydrogen-bond donors (Lipinski definition) is 0. The number of hydrogen-bond acceptors (Lipinski definition) is 4. The summed E-state index contributed by atoms with van der Waals surface area (Å²) in [7, 11) is 0. The summed E-state index contributed by atoms with van der Waals surface area (Å²) in [6.07, 6.45) is 0. The average Bonchev–Trinajstić information content (AvgIpc) is 3.82. The fourth-order valence-electron chi connectivity index (χ4n) is 7.89. The van der Waals surface area contributed by atoms with Crippen LogP contribution in [0.25, 0.3) is 104 Å². The van der Waals surface area contributed by atoms with Crippen LogP contribution in [0.1, 0.15) is 0 Å². The Morgan fingerprint density at radius 2 is 0.750 bits per heavy atom. The van der Waals surface area contributed by atoms with Gasteiger partial charge in [-0.1, -0.05) is 133 Å². The molecule has 0 aliphatic carbocycles. The lowest BCUT2D eigenvalue weighted by Gasteiger charge is -2.12. The second kappa shape index (κ2) is 13.3. The predicted molar refractivity (Wildman–Crippen MR) is 234 cm³/mol. The first-order valence-corrected chi connectivity index (χ1v) is 19.6. The van der Waals surface area contributed by atoms with E-state index in [-0.39, 0.29) is 0 Å². The molecule has 3 aromatic heterocycles. The Morgan fingerprint density at radius 1 is 0.304 bits per heavy atom. The summed E-state index contributed by atoms with van der Waals surface area (Å²) < 4.78 is 4.92. The third-order valence-electron chi connectivity index (χ3n) is 10.7. The average molecular weight is 733 g/mol. The Kier molecular flexibility index (Phi) is 7.64. The third-order valence-corrected chi connectivity index (χ3v) is 11.8. The van der Waals surface area contributed by atoms with Crippen molar-refractivity contribution in [3.8, 4) is 62.1 Å². The van der Waals surface area contributed by atoms with Crippen molar-refractivity contribution in [3.05, 3.63) is 194 Å². The summed E-state index contributed by atoms with van der Waals surface area (Å²) in [5.41, 5.74) is 11.0. The van der Waals surface area contributed by atoms with Crippen LogP contribution in [0.3, 0.4) is 0 Å². The van der Waals surface area contributed by atoms with E-state index >= 15 is 0 Å². The lowest BCUT2D eigenvalue weighted by atomic mass is 10.0. The summed E-state index contributed by atoms with van der Waals surface area (Å²) in [5.74, 6) is 1.93. The SMILES string of the molecule is c1ccc(-c2ccc3c4ccc(-c5ccccc5)cc4n(-c4ccc(-c5nc(-c6ccccc6)nc(-c6ccc7sc8ccccc8c7c6)n5)cc4)c3c2)cc1. The van der Waals surface area contributed by atoms with Gasteiger partial charge < -0.3 is 4.57 Å². The highest BCUT2D eigenvalue weighted by Crippen LogP contribution is 2.39. The Bertz CT molecular complexity index is 3130. The van der Waals surface area contributed by atoms with Crippen molar-refractivity contribution >= 4 is 53.3 Å². The van der Waals surface area contributed by atoms with Gasteiger partial charge in [0.2, 0.25) is 0 Å². The van der Waals surface area contributed by atoms with Crippen LogP contribution in [0, 0.1) is 0 Å². The fourth-order valence-corrected chi connectivity index (χ4v) is 8.98. The van der Waals surface area contributed by atoms with E-state index in [1.54, 1.807) is 0 Å². The highest BCUT2D eigenvalue weighted by Gasteiger charge is 2.17. The highest BCUT2D eigenvalue weighted by atomic mass is 32.1. The summed E-state index contributed by atoms with van der Waals surface area (Å²) in [6.45, 7) is 0. The number of fused-ring (bicyclic) bond motifs is 6. The normalized spacial score (nSPS) is 11.6. The molecule has 0 spiro atoms. The van der Waals surface area contributed by atoms with Gasteiger partial charge in [-0.3, -0.25) is 0 Å². The molecule has 262 valence electrons. The number of aromatic nitrogens is 4. The molecule has 11 aromatic rings. The zero-order valence-electron chi connectivity index (χ0n) is 30.2. The van der Waals surface area contributed by atoms with E-state index in [0.29, 0.717) is 17.5 Å². The van der Waals surface area contributed by atoms with Crippen LogP contribution in [0.4, 0.5) is 0 Å². The molecule has 56 heavy (non-hydrogen) atoms. The van der Waals surface area contributed by atoms with Gasteiger partial charge in [0, 0.05) is 53.3 Å². The van der Waals surface area contributed by atoms with Gasteiger partial charge in [-0.05, 0) is 82.9 Å². The third kappa shape index (κ3) is 5.56. The van der Waals surface area contributed by atoms with Crippen molar-refractivity contribution in [3.63, 3.8) is 0 Å². The molecule has 0 unspecified atom stereocenters. The molecule has 8 aromatic carbocycles. The second-order valence-electron chi connectivity index (χ2n) is 14.1. The molecule has 0 saturated carbocycles. The van der Waals surface area contributed by atoms with Crippen molar-refractivity contribution in [1.29, 1.82) is 0 Å². The molecular weight excluding hydrogens is 701 g/mol. The lowest BCUT2D eigenvalue weighted by Crippen LogP contribution is -2.00. The van der Waals surface area contributed by atoms with E-state index in [0.717, 1.165) is 33.4 Å². The molecule has 0 amide bonds. The molecule has 4 nitrogen and oxygen atoms in total. The van der Waals surface area contributed by atoms with Gasteiger partial charge in [0.05, 0.1) is 11.0 Å². The first kappa shape index (κ1) is 32.2. The van der Waals surface area contributed by atoms with Crippen LogP contribution in [0.15, 0.2) is 194 Å². The van der Waals surface area contributed by atoms with Crippen LogP contribution >= 0.6 is 11.3 Å². The zero-order valence-corrected chi connectivity index (χ0v) is 31.0. The van der Waals surface area contributed by atoms with E-state index in [4.69, 9.17) is 15.0 Å². The Morgan fingerprint density at radius 3 is 1.34 bits per heavy atom. The number of rotatable bonds is 6. The van der Waals surface area contributed by atoms with Gasteiger partial charge in [-0.25, -0.2) is 15.0 Å². The standard InChI is InChI=1S/C51H32N4S/c1-4-12-33(13-5-1)37-22-27-41-42-28-23-38(34-14-6-2-7-15-34)32-46(42)55(45(41)31-37)40-25-20-36(21-26-40)50-52-49(35-16-8-3-9-17-35)53-51(54-50)39-24-29-48-44(30-39)43-18-10-11-19-47(43)56-48/h1-32H. The maximum atomic E-state index is 5.13. The molecule has 11 rings (SSSR count). The molecule has 3 heterocycles. The van der Waals surface area contributed by atoms with Gasteiger partial charge >= 0.3 is 0 Å². The van der Waals surface area contributed by atoms with Gasteiger partial charge in [0.25, 0.3) is 0 Å². The van der Waals surface area contributed by atoms with Crippen molar-refractivity contribution in [2.75, 3.05) is 0 Å². The van der Waals surface area contributed by atoms with Gasteiger partial charge in [-0.2, -0.15) is 0 Å². The van der Waals surface area contributed by atoms with E-state index in [9.17, 15) is 0 Å². The first-order chi connectivity index (χ1) is 27.7. The number of benzene rings is 8. The Hall–Kier alpha value is -7.21. The largest absolute Gasteiger partial charge is 0.309 e. The smallest absolute Gasteiger partial charge is 0.164 e. The van der Waals surface area contributed by atoms with E-state index < -0.39 is 0 Å². The second-order valence-corrected chi connectivity index (χ2v) is 15.1. The maximum absolute atomic E-state index is 5.13. The van der Waals surface area contributed by atoms with E-state index in [2.05, 4.69) is 180 Å². The Balaban J connectivity index is 1.07. The minimum Gasteiger partial charge on any atom is -0.309 e. The zero-order chi connectivity index (χ0) is 37.0. The fraction of sp³-hybridized carbons (Fsp3) is 0. The van der Waals surface area contributed by atoms with Crippen LogP contribution in [-0.2, 0) is 0 Å². The van der Waals surface area contributed by atoms with Crippen LogP contribution in [0.5, 0.6) is 0 Å². The molecule has 5 heteroatoms. The number of thiophene rings is 1. The molecule has 0 atom stereocenters. The van der Waals surface area contributed by atoms with Gasteiger partial charge in [-0.15, -0.1) is 11.3 Å². The van der Waals surface area contributed by atoms with E-state index in [1.807, 2.05) is 29.5 Å². The molecule has 0 fully saturated rings. The Labute approximate surface area is 327 Å². The van der Waals surface area contributed by atoms with Crippen molar-refractivity contribution < 1.29 is 0 Å². The topological polar surface area (TPSA) is 43.6 Å². The van der Waals surface area contributed by atoms with E-state index in [1.165, 1.54) is 53.2 Å². The van der Waals surface area contributed by atoms with Crippen LogP contribution < -0.4 is 0 Å². The van der Waals surface area contributed by atoms with Gasteiger partial charge in [0.15, 0.2) is 17.5 Å². The molecule has 0 N–H and O–H groups in total. The summed E-state index contributed by atoms with van der Waals surface area (Å²) in [4.78, 5) is 15.2. The minimum absolute atomic E-state index is 0.635. The van der Waals surface area contributed by atoms with Gasteiger partial charge in [0.1, 0.15) is 0 Å². The molecule has 0 saturated heterocycles. The molecule has 0 radical (unpaired) electrons.